The fourth-order valence-electron chi connectivity index (χ4n) is 6.84. The third-order valence-corrected chi connectivity index (χ3v) is 11.9. The molecule has 2 aromatic rings. The number of sulfonamides is 1. The van der Waals surface area contributed by atoms with Gasteiger partial charge in [-0.2, -0.15) is 0 Å². The van der Waals surface area contributed by atoms with Crippen LogP contribution in [-0.4, -0.2) is 84.1 Å². The maximum atomic E-state index is 14.3. The highest BCUT2D eigenvalue weighted by molar-refractivity contribution is 7.91. The summed E-state index contributed by atoms with van der Waals surface area (Å²) in [6.45, 7) is 5.03. The first-order valence-electron chi connectivity index (χ1n) is 18.1. The molecule has 4 N–H and O–H groups in total. The standard InChI is InChI=1S/C37H46ClN5O9S/c1-36(2,3)52-35(48)40-27-10-8-6-4-5-7-9-23-20-37(23,34(47)42-53(49,50)26-15-16-26)41-31(44)28-19-25(21-43(28)33(27)46)39-32(45)30-18-17-29(51-30)22-11-13-24(38)14-12-22/h7,9,11-14,17-18,23,25-28H,4-6,8,10,15-16,19-21H2,1-3H3,(H,39,45)(H,40,48)(H,41,44)(H,42,47)/b9-7-/t23-,25-,27+,28+,37-/m1/s1. The summed E-state index contributed by atoms with van der Waals surface area (Å²) < 4.78 is 39.0. The van der Waals surface area contributed by atoms with Crippen LogP contribution in [0.15, 0.2) is 53.0 Å². The van der Waals surface area contributed by atoms with Gasteiger partial charge in [0.1, 0.15) is 29.0 Å². The van der Waals surface area contributed by atoms with Gasteiger partial charge in [-0.15, -0.1) is 0 Å². The summed E-state index contributed by atoms with van der Waals surface area (Å²) in [5.74, 6) is -2.62. The highest BCUT2D eigenvalue weighted by Gasteiger charge is 2.62. The van der Waals surface area contributed by atoms with Crippen molar-refractivity contribution in [3.05, 3.63) is 59.3 Å². The fourth-order valence-corrected chi connectivity index (χ4v) is 8.33. The largest absolute Gasteiger partial charge is 0.451 e. The number of nitrogens with zero attached hydrogens (tertiary/aromatic N) is 1. The lowest BCUT2D eigenvalue weighted by molar-refractivity contribution is -0.141. The summed E-state index contributed by atoms with van der Waals surface area (Å²) in [6, 6.07) is 7.14. The minimum atomic E-state index is -3.91. The minimum absolute atomic E-state index is 0.0137. The summed E-state index contributed by atoms with van der Waals surface area (Å²) in [5.41, 5.74) is -1.65. The number of allylic oxidation sites excluding steroid dienone is 1. The van der Waals surface area contributed by atoms with Crippen LogP contribution in [0.1, 0.15) is 89.1 Å². The summed E-state index contributed by atoms with van der Waals surface area (Å²) in [7, 11) is -3.91. The van der Waals surface area contributed by atoms with Crippen molar-refractivity contribution in [3.8, 4) is 11.3 Å². The number of halogens is 1. The third-order valence-electron chi connectivity index (χ3n) is 9.87. The van der Waals surface area contributed by atoms with Crippen molar-refractivity contribution in [1.82, 2.24) is 25.6 Å². The van der Waals surface area contributed by atoms with E-state index < -0.39 is 80.2 Å². The number of nitrogens with one attached hydrogen (secondary N) is 4. The maximum Gasteiger partial charge on any atom is 0.408 e. The summed E-state index contributed by atoms with van der Waals surface area (Å²) in [5, 5.41) is 8.28. The molecule has 0 bridgehead atoms. The van der Waals surface area contributed by atoms with Crippen molar-refractivity contribution in [3.63, 3.8) is 0 Å². The number of amides is 5. The Morgan fingerprint density at radius 3 is 2.43 bits per heavy atom. The van der Waals surface area contributed by atoms with Crippen molar-refractivity contribution in [1.29, 1.82) is 0 Å². The molecular weight excluding hydrogens is 726 g/mol. The second kappa shape index (κ2) is 15.2. The first-order valence-corrected chi connectivity index (χ1v) is 20.0. The van der Waals surface area contributed by atoms with Gasteiger partial charge in [0.2, 0.25) is 21.8 Å². The van der Waals surface area contributed by atoms with E-state index in [1.165, 1.54) is 11.0 Å². The number of rotatable bonds is 7. The van der Waals surface area contributed by atoms with Crippen molar-refractivity contribution < 1.29 is 41.5 Å². The predicted octanol–water partition coefficient (Wildman–Crippen LogP) is 4.20. The molecule has 2 aliphatic heterocycles. The molecule has 0 radical (unpaired) electrons. The van der Waals surface area contributed by atoms with Crippen LogP contribution in [0.5, 0.6) is 0 Å². The Balaban J connectivity index is 1.26. The molecule has 6 rings (SSSR count). The molecule has 4 aliphatic rings. The normalized spacial score (nSPS) is 27.2. The van der Waals surface area contributed by atoms with E-state index in [-0.39, 0.29) is 31.6 Å². The lowest BCUT2D eigenvalue weighted by Crippen LogP contribution is -2.58. The molecule has 14 nitrogen and oxygen atoms in total. The van der Waals surface area contributed by atoms with Gasteiger partial charge >= 0.3 is 6.09 Å². The average molecular weight is 772 g/mol. The van der Waals surface area contributed by atoms with Crippen molar-refractivity contribution in [2.24, 2.45) is 5.92 Å². The number of carbonyl (C=O) groups excluding carboxylic acids is 5. The highest BCUT2D eigenvalue weighted by atomic mass is 35.5. The molecule has 2 aliphatic carbocycles. The van der Waals surface area contributed by atoms with Crippen LogP contribution >= 0.6 is 11.6 Å². The second-order valence-electron chi connectivity index (χ2n) is 15.3. The van der Waals surface area contributed by atoms with Crippen LogP contribution in [0.2, 0.25) is 5.02 Å². The van der Waals surface area contributed by atoms with Crippen LogP contribution in [-0.2, 0) is 29.1 Å². The van der Waals surface area contributed by atoms with Gasteiger partial charge in [-0.05, 0) is 102 Å². The van der Waals surface area contributed by atoms with Crippen LogP contribution in [0.4, 0.5) is 4.79 Å². The van der Waals surface area contributed by atoms with E-state index >= 15 is 0 Å². The van der Waals surface area contributed by atoms with Crippen molar-refractivity contribution >= 4 is 51.3 Å². The zero-order valence-corrected chi connectivity index (χ0v) is 31.6. The number of fused-ring (bicyclic) bond motifs is 2. The van der Waals surface area contributed by atoms with Gasteiger partial charge in [-0.3, -0.25) is 23.9 Å². The summed E-state index contributed by atoms with van der Waals surface area (Å²) in [4.78, 5) is 69.8. The summed E-state index contributed by atoms with van der Waals surface area (Å²) in [6.07, 6.45) is 7.08. The zero-order chi connectivity index (χ0) is 38.1. The number of alkyl carbamates (subject to hydrolysis) is 1. The van der Waals surface area contributed by atoms with Crippen LogP contribution in [0.25, 0.3) is 11.3 Å². The molecule has 286 valence electrons. The number of benzene rings is 1. The quantitative estimate of drug-likeness (QED) is 0.299. The SMILES string of the molecule is CC(C)(C)OC(=O)N[C@H]1CCCCC/C=C\[C@@H]2C[C@@]2(C(=O)NS(=O)(=O)C2CC2)NC(=O)[C@@H]2C[C@@H](NC(=O)c3ccc(-c4ccc(Cl)cc4)o3)CN2C1=O. The molecule has 16 heteroatoms. The fraction of sp³-hybridized carbons (Fsp3) is 0.541. The van der Waals surface area contributed by atoms with Gasteiger partial charge in [0.05, 0.1) is 5.25 Å². The van der Waals surface area contributed by atoms with Crippen LogP contribution in [0, 0.1) is 5.92 Å². The molecule has 0 unspecified atom stereocenters. The Bertz CT molecular complexity index is 1890. The molecule has 2 saturated carbocycles. The molecule has 5 amide bonds. The zero-order valence-electron chi connectivity index (χ0n) is 30.0. The Morgan fingerprint density at radius 2 is 1.74 bits per heavy atom. The molecule has 1 saturated heterocycles. The van der Waals surface area contributed by atoms with Gasteiger partial charge in [-0.1, -0.05) is 36.6 Å². The molecule has 3 heterocycles. The number of hydrogen-bond donors (Lipinski definition) is 4. The third kappa shape index (κ3) is 9.23. The average Bonchev–Trinajstić information content (AvgIpc) is 3.96. The van der Waals surface area contributed by atoms with Gasteiger partial charge in [-0.25, -0.2) is 13.2 Å². The van der Waals surface area contributed by atoms with E-state index in [0.717, 1.165) is 12.8 Å². The Morgan fingerprint density at radius 1 is 1.00 bits per heavy atom. The Hall–Kier alpha value is -4.37. The molecule has 1 aromatic heterocycles. The van der Waals surface area contributed by atoms with E-state index in [1.807, 2.05) is 12.2 Å². The second-order valence-corrected chi connectivity index (χ2v) is 17.7. The predicted molar refractivity (Wildman–Crippen MR) is 195 cm³/mol. The first-order chi connectivity index (χ1) is 25.0. The van der Waals surface area contributed by atoms with E-state index in [2.05, 4.69) is 20.7 Å². The maximum absolute atomic E-state index is 14.3. The van der Waals surface area contributed by atoms with E-state index in [0.29, 0.717) is 42.0 Å². The monoisotopic (exact) mass is 771 g/mol. The van der Waals surface area contributed by atoms with Crippen LogP contribution < -0.4 is 20.7 Å². The molecule has 5 atom stereocenters. The number of ether oxygens (including phenoxy) is 1. The number of carbonyl (C=O) groups is 5. The van der Waals surface area contributed by atoms with E-state index in [4.69, 9.17) is 20.8 Å². The lowest BCUT2D eigenvalue weighted by atomic mass is 10.0. The number of hydrogen-bond acceptors (Lipinski definition) is 9. The van der Waals surface area contributed by atoms with E-state index in [9.17, 15) is 32.4 Å². The van der Waals surface area contributed by atoms with Gasteiger partial charge in [0.25, 0.3) is 11.8 Å². The molecule has 0 spiro atoms. The van der Waals surface area contributed by atoms with Gasteiger partial charge in [0, 0.05) is 29.1 Å². The van der Waals surface area contributed by atoms with Crippen molar-refractivity contribution in [2.45, 2.75) is 113 Å². The van der Waals surface area contributed by atoms with Gasteiger partial charge < -0.3 is 30.0 Å². The molecule has 3 fully saturated rings. The summed E-state index contributed by atoms with van der Waals surface area (Å²) >= 11 is 6.00. The molecule has 1 aromatic carbocycles. The Kier molecular flexibility index (Phi) is 11.0. The smallest absolute Gasteiger partial charge is 0.408 e. The lowest BCUT2D eigenvalue weighted by Gasteiger charge is -2.30. The first kappa shape index (κ1) is 38.4. The number of furan rings is 1. The Labute approximate surface area is 313 Å². The van der Waals surface area contributed by atoms with E-state index in [1.54, 1.807) is 51.1 Å². The molecule has 53 heavy (non-hydrogen) atoms. The van der Waals surface area contributed by atoms with Crippen molar-refractivity contribution in [2.75, 3.05) is 6.54 Å². The molecular formula is C37H46ClN5O9S. The van der Waals surface area contributed by atoms with Gasteiger partial charge in [0.15, 0.2) is 5.76 Å². The highest BCUT2D eigenvalue weighted by Crippen LogP contribution is 2.46. The van der Waals surface area contributed by atoms with Crippen LogP contribution in [0.3, 0.4) is 0 Å². The minimum Gasteiger partial charge on any atom is -0.451 e. The topological polar surface area (TPSA) is 193 Å².